The fourth-order valence-corrected chi connectivity index (χ4v) is 2.29. The Morgan fingerprint density at radius 2 is 2.09 bits per heavy atom. The lowest BCUT2D eigenvalue weighted by Gasteiger charge is -2.11. The molecule has 1 amide bonds. The number of benzene rings is 1. The Kier molecular flexibility index (Phi) is 5.47. The summed E-state index contributed by atoms with van der Waals surface area (Å²) < 4.78 is 1.80. The van der Waals surface area contributed by atoms with Crippen molar-refractivity contribution in [2.45, 2.75) is 32.7 Å². The molecular weight excluding hydrogens is 276 g/mol. The lowest BCUT2D eigenvalue weighted by molar-refractivity contribution is -0.117. The number of nitrogens with one attached hydrogen (secondary N) is 1. The molecule has 0 radical (unpaired) electrons. The van der Waals surface area contributed by atoms with Gasteiger partial charge in [-0.25, -0.2) is 0 Å². The summed E-state index contributed by atoms with van der Waals surface area (Å²) in [6.07, 6.45) is 5.10. The predicted octanol–water partition coefficient (Wildman–Crippen LogP) is 2.57. The molecule has 0 unspecified atom stereocenters. The minimum Gasteiger partial charge on any atom is -0.343 e. The van der Waals surface area contributed by atoms with Crippen molar-refractivity contribution in [3.63, 3.8) is 0 Å². The molecule has 0 saturated heterocycles. The number of carbonyl (C=O) groups excluding carboxylic acids is 1. The summed E-state index contributed by atoms with van der Waals surface area (Å²) in [4.78, 5) is 12.0. The Balaban J connectivity index is 1.86. The monoisotopic (exact) mass is 298 g/mol. The fraction of sp³-hybridized carbons (Fsp3) is 0.353. The van der Waals surface area contributed by atoms with Crippen molar-refractivity contribution in [3.8, 4) is 0 Å². The predicted molar refractivity (Wildman–Crippen MR) is 86.1 cm³/mol. The van der Waals surface area contributed by atoms with E-state index in [1.54, 1.807) is 17.0 Å². The zero-order valence-electron chi connectivity index (χ0n) is 13.3. The molecule has 0 spiro atoms. The van der Waals surface area contributed by atoms with Crippen LogP contribution < -0.4 is 5.32 Å². The summed E-state index contributed by atoms with van der Waals surface area (Å²) in [5.74, 6) is 0.643. The molecule has 5 heteroatoms. The van der Waals surface area contributed by atoms with Crippen molar-refractivity contribution in [2.75, 3.05) is 0 Å². The van der Waals surface area contributed by atoms with Gasteiger partial charge in [0.05, 0.1) is 6.04 Å². The first-order valence-electron chi connectivity index (χ1n) is 7.41. The summed E-state index contributed by atoms with van der Waals surface area (Å²) in [5, 5.41) is 10.7. The van der Waals surface area contributed by atoms with Crippen LogP contribution in [-0.4, -0.2) is 20.7 Å². The number of aromatic nitrogens is 3. The van der Waals surface area contributed by atoms with Crippen LogP contribution in [0.3, 0.4) is 0 Å². The zero-order valence-corrected chi connectivity index (χ0v) is 13.3. The topological polar surface area (TPSA) is 59.8 Å². The highest BCUT2D eigenvalue weighted by Gasteiger charge is 2.12. The Bertz CT molecular complexity index is 646. The molecule has 1 heterocycles. The van der Waals surface area contributed by atoms with Crippen molar-refractivity contribution in [2.24, 2.45) is 7.05 Å². The summed E-state index contributed by atoms with van der Waals surface area (Å²) in [6.45, 7) is 3.88. The van der Waals surface area contributed by atoms with Gasteiger partial charge >= 0.3 is 0 Å². The zero-order chi connectivity index (χ0) is 15.9. The Morgan fingerprint density at radius 3 is 2.73 bits per heavy atom. The average molecular weight is 298 g/mol. The fourth-order valence-electron chi connectivity index (χ4n) is 2.29. The molecule has 0 aliphatic carbocycles. The maximum absolute atomic E-state index is 12.0. The summed E-state index contributed by atoms with van der Waals surface area (Å²) >= 11 is 0. The first-order chi connectivity index (χ1) is 10.6. The van der Waals surface area contributed by atoms with Crippen molar-refractivity contribution in [1.29, 1.82) is 0 Å². The quantitative estimate of drug-likeness (QED) is 0.834. The van der Waals surface area contributed by atoms with E-state index in [0.29, 0.717) is 0 Å². The van der Waals surface area contributed by atoms with Crippen molar-refractivity contribution in [1.82, 2.24) is 20.1 Å². The molecule has 116 valence electrons. The molecule has 0 bridgehead atoms. The number of carbonyl (C=O) groups is 1. The molecule has 5 nitrogen and oxygen atoms in total. The molecule has 22 heavy (non-hydrogen) atoms. The summed E-state index contributed by atoms with van der Waals surface area (Å²) in [5.41, 5.74) is 2.34. The number of hydrogen-bond donors (Lipinski definition) is 1. The number of rotatable bonds is 6. The van der Waals surface area contributed by atoms with E-state index in [1.165, 1.54) is 5.56 Å². The molecule has 2 rings (SSSR count). The molecule has 1 N–H and O–H groups in total. The van der Waals surface area contributed by atoms with Crippen LogP contribution in [0.15, 0.2) is 48.3 Å². The van der Waals surface area contributed by atoms with Gasteiger partial charge in [-0.3, -0.25) is 4.79 Å². The highest BCUT2D eigenvalue weighted by Crippen LogP contribution is 2.10. The van der Waals surface area contributed by atoms with E-state index in [-0.39, 0.29) is 11.9 Å². The normalized spacial score (nSPS) is 13.0. The standard InChI is InChI=1S/C17H22N4O/c1-13(9-10-15-7-5-4-6-8-15)11-16(22)19-14(2)17-20-18-12-21(17)3/h4-8,11-12,14H,9-10H2,1-3H3,(H,19,22)/b13-11+/t14-/m1/s1. The SMILES string of the molecule is C/C(=C\C(=O)N[C@H](C)c1nncn1C)CCc1ccccc1. The molecule has 0 aliphatic rings. The minimum absolute atomic E-state index is 0.0962. The van der Waals surface area contributed by atoms with Crippen molar-refractivity contribution >= 4 is 5.91 Å². The van der Waals surface area contributed by atoms with Crippen LogP contribution in [0.5, 0.6) is 0 Å². The van der Waals surface area contributed by atoms with Gasteiger partial charge in [-0.2, -0.15) is 0 Å². The van der Waals surface area contributed by atoms with Gasteiger partial charge in [0.1, 0.15) is 6.33 Å². The van der Waals surface area contributed by atoms with Gasteiger partial charge in [-0.15, -0.1) is 10.2 Å². The van der Waals surface area contributed by atoms with Crippen LogP contribution >= 0.6 is 0 Å². The van der Waals surface area contributed by atoms with Gasteiger partial charge in [0, 0.05) is 13.1 Å². The summed E-state index contributed by atoms with van der Waals surface area (Å²) in [6, 6.07) is 10.1. The van der Waals surface area contributed by atoms with Crippen LogP contribution in [0.1, 0.15) is 37.7 Å². The van der Waals surface area contributed by atoms with Gasteiger partial charge in [-0.1, -0.05) is 35.9 Å². The van der Waals surface area contributed by atoms with Crippen molar-refractivity contribution in [3.05, 3.63) is 59.7 Å². The van der Waals surface area contributed by atoms with Gasteiger partial charge in [0.2, 0.25) is 5.91 Å². The van der Waals surface area contributed by atoms with Crippen LogP contribution in [0, 0.1) is 0 Å². The molecule has 0 fully saturated rings. The highest BCUT2D eigenvalue weighted by molar-refractivity contribution is 5.88. The molecule has 1 aromatic heterocycles. The third kappa shape index (κ3) is 4.55. The molecule has 1 atom stereocenters. The maximum Gasteiger partial charge on any atom is 0.244 e. The molecule has 0 saturated carbocycles. The van der Waals surface area contributed by atoms with E-state index >= 15 is 0 Å². The Labute approximate surface area is 131 Å². The lowest BCUT2D eigenvalue weighted by atomic mass is 10.1. The number of aryl methyl sites for hydroxylation is 2. The second-order valence-corrected chi connectivity index (χ2v) is 5.51. The van der Waals surface area contributed by atoms with Crippen LogP contribution in [-0.2, 0) is 18.3 Å². The molecular formula is C17H22N4O. The second-order valence-electron chi connectivity index (χ2n) is 5.51. The number of amides is 1. The third-order valence-electron chi connectivity index (χ3n) is 3.52. The Hall–Kier alpha value is -2.43. The molecule has 0 aliphatic heterocycles. The van der Waals surface area contributed by atoms with Crippen LogP contribution in [0.4, 0.5) is 0 Å². The lowest BCUT2D eigenvalue weighted by Crippen LogP contribution is -2.27. The number of nitrogens with zero attached hydrogens (tertiary/aromatic N) is 3. The minimum atomic E-state index is -0.168. The van der Waals surface area contributed by atoms with Crippen LogP contribution in [0.25, 0.3) is 0 Å². The van der Waals surface area contributed by atoms with E-state index in [1.807, 2.05) is 39.1 Å². The van der Waals surface area contributed by atoms with E-state index in [4.69, 9.17) is 0 Å². The largest absolute Gasteiger partial charge is 0.343 e. The van der Waals surface area contributed by atoms with Crippen molar-refractivity contribution < 1.29 is 4.79 Å². The van der Waals surface area contributed by atoms with Gasteiger partial charge in [-0.05, 0) is 32.3 Å². The maximum atomic E-state index is 12.0. The number of allylic oxidation sites excluding steroid dienone is 1. The van der Waals surface area contributed by atoms with E-state index in [0.717, 1.165) is 24.2 Å². The van der Waals surface area contributed by atoms with Crippen LogP contribution in [0.2, 0.25) is 0 Å². The second kappa shape index (κ2) is 7.54. The van der Waals surface area contributed by atoms with E-state index in [2.05, 4.69) is 27.6 Å². The molecule has 1 aromatic carbocycles. The average Bonchev–Trinajstić information content (AvgIpc) is 2.92. The van der Waals surface area contributed by atoms with Gasteiger partial charge in [0.15, 0.2) is 5.82 Å². The smallest absolute Gasteiger partial charge is 0.244 e. The third-order valence-corrected chi connectivity index (χ3v) is 3.52. The van der Waals surface area contributed by atoms with Gasteiger partial charge in [0.25, 0.3) is 0 Å². The highest BCUT2D eigenvalue weighted by atomic mass is 16.1. The first kappa shape index (κ1) is 15.9. The molecule has 2 aromatic rings. The van der Waals surface area contributed by atoms with Gasteiger partial charge < -0.3 is 9.88 Å². The number of hydrogen-bond acceptors (Lipinski definition) is 3. The van der Waals surface area contributed by atoms with E-state index < -0.39 is 0 Å². The Morgan fingerprint density at radius 1 is 1.36 bits per heavy atom. The summed E-state index contributed by atoms with van der Waals surface area (Å²) in [7, 11) is 1.86. The van der Waals surface area contributed by atoms with E-state index in [9.17, 15) is 4.79 Å². The first-order valence-corrected chi connectivity index (χ1v) is 7.41.